The van der Waals surface area contributed by atoms with Crippen LogP contribution in [0.2, 0.25) is 0 Å². The van der Waals surface area contributed by atoms with E-state index in [2.05, 4.69) is 38.6 Å². The SMILES string of the molecule is C=CC.COc1ccc(C(C)(C)c2ccc(OC(=O)c3cc(C)cc(C(C)=O)c3)c(C)c2)cc1C. The molecule has 35 heavy (non-hydrogen) atoms. The molecule has 0 spiro atoms. The normalized spacial score (nSPS) is 10.6. The van der Waals surface area contributed by atoms with Gasteiger partial charge >= 0.3 is 5.97 Å². The maximum atomic E-state index is 12.7. The lowest BCUT2D eigenvalue weighted by atomic mass is 9.77. The monoisotopic (exact) mass is 472 g/mol. The average molecular weight is 473 g/mol. The van der Waals surface area contributed by atoms with Gasteiger partial charge in [0.1, 0.15) is 11.5 Å². The number of esters is 1. The van der Waals surface area contributed by atoms with Gasteiger partial charge in [-0.05, 0) is 92.8 Å². The van der Waals surface area contributed by atoms with Crippen molar-refractivity contribution >= 4 is 11.8 Å². The minimum atomic E-state index is -0.475. The van der Waals surface area contributed by atoms with Crippen LogP contribution in [0.5, 0.6) is 11.5 Å². The molecule has 0 N–H and O–H groups in total. The standard InChI is InChI=1S/C28H30O4.C3H6/c1-17-12-21(20(4)29)16-22(13-17)27(30)32-26-11-9-24(15-19(26)3)28(5,6)23-8-10-25(31-7)18(2)14-23;1-3-2/h8-16H,1-7H3;3H,1H2,2H3. The fraction of sp³-hybridized carbons (Fsp3) is 0.290. The van der Waals surface area contributed by atoms with E-state index in [0.717, 1.165) is 28.0 Å². The quantitative estimate of drug-likeness (QED) is 0.161. The Labute approximate surface area is 209 Å². The van der Waals surface area contributed by atoms with Gasteiger partial charge in [-0.2, -0.15) is 0 Å². The Kier molecular flexibility index (Phi) is 9.18. The maximum Gasteiger partial charge on any atom is 0.343 e. The van der Waals surface area contributed by atoms with Crippen LogP contribution in [0.3, 0.4) is 0 Å². The van der Waals surface area contributed by atoms with Crippen LogP contribution in [0.25, 0.3) is 0 Å². The number of ether oxygens (including phenoxy) is 2. The number of hydrogen-bond acceptors (Lipinski definition) is 4. The van der Waals surface area contributed by atoms with Gasteiger partial charge in [-0.1, -0.05) is 44.2 Å². The maximum absolute atomic E-state index is 12.7. The van der Waals surface area contributed by atoms with Crippen molar-refractivity contribution in [3.8, 4) is 11.5 Å². The second-order valence-corrected chi connectivity index (χ2v) is 9.23. The summed E-state index contributed by atoms with van der Waals surface area (Å²) in [5.41, 5.74) is 5.72. The fourth-order valence-corrected chi connectivity index (χ4v) is 3.85. The summed E-state index contributed by atoms with van der Waals surface area (Å²) in [7, 11) is 1.67. The van der Waals surface area contributed by atoms with Crippen LogP contribution >= 0.6 is 0 Å². The van der Waals surface area contributed by atoms with Crippen molar-refractivity contribution in [1.29, 1.82) is 0 Å². The molecular formula is C31H36O4. The Morgan fingerprint density at radius 2 is 1.31 bits per heavy atom. The number of carbonyl (C=O) groups is 2. The van der Waals surface area contributed by atoms with Gasteiger partial charge in [-0.3, -0.25) is 4.79 Å². The van der Waals surface area contributed by atoms with E-state index >= 15 is 0 Å². The molecule has 0 aromatic heterocycles. The highest BCUT2D eigenvalue weighted by atomic mass is 16.5. The van der Waals surface area contributed by atoms with Crippen LogP contribution in [-0.4, -0.2) is 18.9 Å². The number of rotatable bonds is 6. The zero-order valence-electron chi connectivity index (χ0n) is 22.1. The molecule has 184 valence electrons. The largest absolute Gasteiger partial charge is 0.496 e. The van der Waals surface area contributed by atoms with E-state index in [1.54, 1.807) is 31.4 Å². The van der Waals surface area contributed by atoms with E-state index in [4.69, 9.17) is 9.47 Å². The Bertz CT molecular complexity index is 1230. The molecular weight excluding hydrogens is 436 g/mol. The number of Topliss-reactive ketones (excluding diaryl/α,β-unsaturated/α-hetero) is 1. The van der Waals surface area contributed by atoms with Crippen molar-refractivity contribution in [2.45, 2.75) is 53.9 Å². The van der Waals surface area contributed by atoms with Crippen LogP contribution in [0.4, 0.5) is 0 Å². The van der Waals surface area contributed by atoms with Crippen LogP contribution in [-0.2, 0) is 5.41 Å². The van der Waals surface area contributed by atoms with E-state index in [1.807, 2.05) is 45.9 Å². The Morgan fingerprint density at radius 3 is 1.77 bits per heavy atom. The zero-order valence-corrected chi connectivity index (χ0v) is 22.1. The lowest BCUT2D eigenvalue weighted by Crippen LogP contribution is -2.19. The van der Waals surface area contributed by atoms with E-state index in [9.17, 15) is 9.59 Å². The molecule has 0 saturated carbocycles. The Hall–Kier alpha value is -3.66. The first-order valence-corrected chi connectivity index (χ1v) is 11.6. The van der Waals surface area contributed by atoms with Gasteiger partial charge in [0.25, 0.3) is 0 Å². The summed E-state index contributed by atoms with van der Waals surface area (Å²) >= 11 is 0. The summed E-state index contributed by atoms with van der Waals surface area (Å²) in [6, 6.07) is 17.2. The molecule has 0 radical (unpaired) electrons. The van der Waals surface area contributed by atoms with Crippen LogP contribution in [0.15, 0.2) is 67.3 Å². The van der Waals surface area contributed by atoms with Crippen LogP contribution in [0, 0.1) is 20.8 Å². The summed E-state index contributed by atoms with van der Waals surface area (Å²) in [5.74, 6) is 0.815. The predicted octanol–water partition coefficient (Wildman–Crippen LogP) is 7.56. The number of allylic oxidation sites excluding steroid dienone is 1. The molecule has 4 heteroatoms. The molecule has 0 atom stereocenters. The average Bonchev–Trinajstić information content (AvgIpc) is 2.80. The smallest absolute Gasteiger partial charge is 0.343 e. The number of carbonyl (C=O) groups excluding carboxylic acids is 2. The first-order valence-electron chi connectivity index (χ1n) is 11.6. The number of methoxy groups -OCH3 is 1. The molecule has 0 fully saturated rings. The second-order valence-electron chi connectivity index (χ2n) is 9.23. The molecule has 0 aliphatic heterocycles. The van der Waals surface area contributed by atoms with E-state index in [-0.39, 0.29) is 11.2 Å². The van der Waals surface area contributed by atoms with Crippen LogP contribution in [0.1, 0.15) is 76.2 Å². The number of ketones is 1. The van der Waals surface area contributed by atoms with Gasteiger partial charge < -0.3 is 9.47 Å². The van der Waals surface area contributed by atoms with Gasteiger partial charge in [0.2, 0.25) is 0 Å². The molecule has 0 amide bonds. The fourth-order valence-electron chi connectivity index (χ4n) is 3.85. The number of aryl methyl sites for hydroxylation is 3. The van der Waals surface area contributed by atoms with Crippen molar-refractivity contribution in [3.63, 3.8) is 0 Å². The third-order valence-corrected chi connectivity index (χ3v) is 5.94. The lowest BCUT2D eigenvalue weighted by Gasteiger charge is -2.27. The molecule has 3 aromatic carbocycles. The molecule has 0 unspecified atom stereocenters. The van der Waals surface area contributed by atoms with Crippen molar-refractivity contribution < 1.29 is 19.1 Å². The number of benzene rings is 3. The summed E-state index contributed by atoms with van der Waals surface area (Å²) in [6.07, 6.45) is 1.75. The van der Waals surface area contributed by atoms with Crippen molar-refractivity contribution in [1.82, 2.24) is 0 Å². The summed E-state index contributed by atoms with van der Waals surface area (Å²) in [5, 5.41) is 0. The molecule has 4 nitrogen and oxygen atoms in total. The molecule has 0 bridgehead atoms. The molecule has 0 heterocycles. The minimum Gasteiger partial charge on any atom is -0.496 e. The highest BCUT2D eigenvalue weighted by molar-refractivity contribution is 5.98. The lowest BCUT2D eigenvalue weighted by molar-refractivity contribution is 0.0733. The third-order valence-electron chi connectivity index (χ3n) is 5.94. The minimum absolute atomic E-state index is 0.0840. The topological polar surface area (TPSA) is 52.6 Å². The van der Waals surface area contributed by atoms with Gasteiger partial charge in [0, 0.05) is 11.0 Å². The first-order chi connectivity index (χ1) is 16.4. The van der Waals surface area contributed by atoms with Crippen molar-refractivity contribution in [2.75, 3.05) is 7.11 Å². The van der Waals surface area contributed by atoms with Crippen LogP contribution < -0.4 is 9.47 Å². The predicted molar refractivity (Wildman–Crippen MR) is 143 cm³/mol. The van der Waals surface area contributed by atoms with Gasteiger partial charge in [-0.15, -0.1) is 6.58 Å². The summed E-state index contributed by atoms with van der Waals surface area (Å²) < 4.78 is 11.1. The first kappa shape index (κ1) is 27.6. The molecule has 3 aromatic rings. The summed E-state index contributed by atoms with van der Waals surface area (Å²) in [4.78, 5) is 24.5. The molecule has 0 saturated heterocycles. The van der Waals surface area contributed by atoms with Gasteiger partial charge in [0.15, 0.2) is 5.78 Å². The van der Waals surface area contributed by atoms with E-state index in [1.165, 1.54) is 12.5 Å². The van der Waals surface area contributed by atoms with Crippen molar-refractivity contribution in [3.05, 3.63) is 106 Å². The van der Waals surface area contributed by atoms with Gasteiger partial charge in [-0.25, -0.2) is 4.79 Å². The number of hydrogen-bond donors (Lipinski definition) is 0. The third kappa shape index (κ3) is 6.69. The molecule has 0 aliphatic carbocycles. The zero-order chi connectivity index (χ0) is 26.3. The Balaban J connectivity index is 0.00000137. The highest BCUT2D eigenvalue weighted by Crippen LogP contribution is 2.36. The second kappa shape index (κ2) is 11.7. The van der Waals surface area contributed by atoms with Gasteiger partial charge in [0.05, 0.1) is 12.7 Å². The summed E-state index contributed by atoms with van der Waals surface area (Å²) in [6.45, 7) is 16.9. The molecule has 0 aliphatic rings. The van der Waals surface area contributed by atoms with E-state index in [0.29, 0.717) is 16.9 Å². The highest BCUT2D eigenvalue weighted by Gasteiger charge is 2.25. The molecule has 3 rings (SSSR count). The van der Waals surface area contributed by atoms with E-state index < -0.39 is 5.97 Å². The Morgan fingerprint density at radius 1 is 0.829 bits per heavy atom. The van der Waals surface area contributed by atoms with Crippen molar-refractivity contribution in [2.24, 2.45) is 0 Å².